The zero-order valence-corrected chi connectivity index (χ0v) is 10.4. The lowest BCUT2D eigenvalue weighted by molar-refractivity contribution is -0.141. The quantitative estimate of drug-likeness (QED) is 0.678. The number of hydrogen-bond acceptors (Lipinski definition) is 3. The number of halogens is 1. The van der Waals surface area contributed by atoms with Gasteiger partial charge in [0.05, 0.1) is 6.54 Å². The van der Waals surface area contributed by atoms with E-state index in [0.29, 0.717) is 12.8 Å². The van der Waals surface area contributed by atoms with Crippen molar-refractivity contribution in [2.24, 2.45) is 5.73 Å². The number of hydrogen-bond donors (Lipinski definition) is 3. The van der Waals surface area contributed by atoms with Crippen LogP contribution in [0.15, 0.2) is 24.3 Å². The predicted octanol–water partition coefficient (Wildman–Crippen LogP) is 0.676. The van der Waals surface area contributed by atoms with Gasteiger partial charge in [0.1, 0.15) is 11.9 Å². The number of carboxylic acid groups (broad SMARTS) is 1. The standard InChI is InChI=1S/C13H17FN2O3/c14-10-5-1-3-9(7-10)4-2-6-11(13(18)19)16-12(17)8-15/h1,3,5,7,11H,2,4,6,8,15H2,(H,16,17)(H,18,19). The Balaban J connectivity index is 2.44. The van der Waals surface area contributed by atoms with Crippen LogP contribution in [0.25, 0.3) is 0 Å². The van der Waals surface area contributed by atoms with Gasteiger partial charge in [-0.1, -0.05) is 12.1 Å². The first kappa shape index (κ1) is 15.1. The van der Waals surface area contributed by atoms with E-state index < -0.39 is 17.9 Å². The van der Waals surface area contributed by atoms with Crippen molar-refractivity contribution in [1.82, 2.24) is 5.32 Å². The van der Waals surface area contributed by atoms with E-state index in [4.69, 9.17) is 10.8 Å². The number of aryl methyl sites for hydroxylation is 1. The highest BCUT2D eigenvalue weighted by Crippen LogP contribution is 2.09. The highest BCUT2D eigenvalue weighted by molar-refractivity contribution is 5.84. The summed E-state index contributed by atoms with van der Waals surface area (Å²) in [6, 6.07) is 5.19. The van der Waals surface area contributed by atoms with Gasteiger partial charge in [-0.3, -0.25) is 4.79 Å². The van der Waals surface area contributed by atoms with Gasteiger partial charge >= 0.3 is 5.97 Å². The third-order valence-electron chi connectivity index (χ3n) is 2.67. The van der Waals surface area contributed by atoms with Crippen LogP contribution in [0.3, 0.4) is 0 Å². The van der Waals surface area contributed by atoms with E-state index in [-0.39, 0.29) is 18.8 Å². The second-order valence-corrected chi connectivity index (χ2v) is 4.18. The van der Waals surface area contributed by atoms with Crippen molar-refractivity contribution < 1.29 is 19.1 Å². The van der Waals surface area contributed by atoms with Gasteiger partial charge in [-0.05, 0) is 37.0 Å². The molecule has 4 N–H and O–H groups in total. The summed E-state index contributed by atoms with van der Waals surface area (Å²) >= 11 is 0. The van der Waals surface area contributed by atoms with Crippen LogP contribution in [-0.4, -0.2) is 29.6 Å². The zero-order valence-electron chi connectivity index (χ0n) is 10.4. The molecule has 0 heterocycles. The Morgan fingerprint density at radius 1 is 1.42 bits per heavy atom. The molecule has 0 saturated heterocycles. The zero-order chi connectivity index (χ0) is 14.3. The number of carbonyl (C=O) groups excluding carboxylic acids is 1. The normalized spacial score (nSPS) is 11.9. The van der Waals surface area contributed by atoms with E-state index >= 15 is 0 Å². The molecule has 1 atom stereocenters. The van der Waals surface area contributed by atoms with E-state index in [9.17, 15) is 14.0 Å². The van der Waals surface area contributed by atoms with Crippen molar-refractivity contribution in [1.29, 1.82) is 0 Å². The summed E-state index contributed by atoms with van der Waals surface area (Å²) in [5, 5.41) is 11.3. The molecule has 0 bridgehead atoms. The fraction of sp³-hybridized carbons (Fsp3) is 0.385. The molecule has 0 aliphatic heterocycles. The molecule has 0 fully saturated rings. The molecule has 0 aliphatic carbocycles. The van der Waals surface area contributed by atoms with Crippen LogP contribution in [0.2, 0.25) is 0 Å². The maximum absolute atomic E-state index is 12.9. The van der Waals surface area contributed by atoms with Crippen LogP contribution < -0.4 is 11.1 Å². The minimum absolute atomic E-state index is 0.242. The maximum atomic E-state index is 12.9. The lowest BCUT2D eigenvalue weighted by atomic mass is 10.0. The van der Waals surface area contributed by atoms with Crippen LogP contribution in [0.5, 0.6) is 0 Å². The summed E-state index contributed by atoms with van der Waals surface area (Å²) in [6.45, 7) is -0.242. The van der Waals surface area contributed by atoms with Crippen molar-refractivity contribution in [3.8, 4) is 0 Å². The summed E-state index contributed by atoms with van der Waals surface area (Å²) in [5.41, 5.74) is 5.91. The second-order valence-electron chi connectivity index (χ2n) is 4.18. The van der Waals surface area contributed by atoms with Gasteiger partial charge in [-0.15, -0.1) is 0 Å². The van der Waals surface area contributed by atoms with Crippen molar-refractivity contribution in [3.63, 3.8) is 0 Å². The fourth-order valence-corrected chi connectivity index (χ4v) is 1.71. The molecule has 0 spiro atoms. The van der Waals surface area contributed by atoms with Gasteiger partial charge in [-0.25, -0.2) is 9.18 Å². The predicted molar refractivity (Wildman–Crippen MR) is 68.0 cm³/mol. The van der Waals surface area contributed by atoms with Gasteiger partial charge in [0.2, 0.25) is 5.91 Å². The van der Waals surface area contributed by atoms with Crippen LogP contribution in [-0.2, 0) is 16.0 Å². The molecule has 0 radical (unpaired) electrons. The molecule has 0 aliphatic rings. The topological polar surface area (TPSA) is 92.4 Å². The third-order valence-corrected chi connectivity index (χ3v) is 2.67. The third kappa shape index (κ3) is 5.48. The molecule has 104 valence electrons. The summed E-state index contributed by atoms with van der Waals surface area (Å²) in [7, 11) is 0. The van der Waals surface area contributed by atoms with Crippen LogP contribution in [0.1, 0.15) is 18.4 Å². The Hall–Kier alpha value is -1.95. The Labute approximate surface area is 110 Å². The molecular weight excluding hydrogens is 251 g/mol. The SMILES string of the molecule is NCC(=O)NC(CCCc1cccc(F)c1)C(=O)O. The molecule has 1 amide bonds. The van der Waals surface area contributed by atoms with E-state index in [1.54, 1.807) is 12.1 Å². The minimum Gasteiger partial charge on any atom is -0.480 e. The van der Waals surface area contributed by atoms with Crippen molar-refractivity contribution in [2.75, 3.05) is 6.54 Å². The van der Waals surface area contributed by atoms with Crippen molar-refractivity contribution in [2.45, 2.75) is 25.3 Å². The summed E-state index contributed by atoms with van der Waals surface area (Å²) < 4.78 is 12.9. The van der Waals surface area contributed by atoms with Gasteiger partial charge in [-0.2, -0.15) is 0 Å². The molecular formula is C13H17FN2O3. The van der Waals surface area contributed by atoms with E-state index in [1.807, 2.05) is 0 Å². The average molecular weight is 268 g/mol. The summed E-state index contributed by atoms with van der Waals surface area (Å²) in [4.78, 5) is 22.0. The van der Waals surface area contributed by atoms with Crippen molar-refractivity contribution in [3.05, 3.63) is 35.6 Å². The van der Waals surface area contributed by atoms with Crippen molar-refractivity contribution >= 4 is 11.9 Å². The maximum Gasteiger partial charge on any atom is 0.326 e. The first-order valence-corrected chi connectivity index (χ1v) is 5.99. The molecule has 0 aromatic heterocycles. The monoisotopic (exact) mass is 268 g/mol. The van der Waals surface area contributed by atoms with E-state index in [0.717, 1.165) is 5.56 Å². The number of rotatable bonds is 7. The first-order valence-electron chi connectivity index (χ1n) is 5.99. The molecule has 1 aromatic rings. The van der Waals surface area contributed by atoms with E-state index in [1.165, 1.54) is 12.1 Å². The molecule has 0 saturated carbocycles. The second kappa shape index (κ2) is 7.48. The Bertz CT molecular complexity index is 451. The highest BCUT2D eigenvalue weighted by atomic mass is 19.1. The Kier molecular flexibility index (Phi) is 5.95. The lowest BCUT2D eigenvalue weighted by Gasteiger charge is -2.13. The van der Waals surface area contributed by atoms with Gasteiger partial charge in [0.15, 0.2) is 0 Å². The average Bonchev–Trinajstić information content (AvgIpc) is 2.37. The van der Waals surface area contributed by atoms with Crippen LogP contribution in [0, 0.1) is 5.82 Å². The number of nitrogens with one attached hydrogen (secondary N) is 1. The number of carbonyl (C=O) groups is 2. The van der Waals surface area contributed by atoms with Gasteiger partial charge in [0, 0.05) is 0 Å². The number of benzene rings is 1. The Morgan fingerprint density at radius 2 is 2.16 bits per heavy atom. The smallest absolute Gasteiger partial charge is 0.326 e. The molecule has 6 heteroatoms. The minimum atomic E-state index is -1.10. The highest BCUT2D eigenvalue weighted by Gasteiger charge is 2.18. The summed E-state index contributed by atoms with van der Waals surface area (Å²) in [5.74, 6) is -1.91. The van der Waals surface area contributed by atoms with Crippen LogP contribution in [0.4, 0.5) is 4.39 Å². The molecule has 19 heavy (non-hydrogen) atoms. The molecule has 1 rings (SSSR count). The number of nitrogens with two attached hydrogens (primary N) is 1. The first-order chi connectivity index (χ1) is 9.02. The lowest BCUT2D eigenvalue weighted by Crippen LogP contribution is -2.43. The van der Waals surface area contributed by atoms with E-state index in [2.05, 4.69) is 5.32 Å². The summed E-state index contributed by atoms with van der Waals surface area (Å²) in [6.07, 6.45) is 1.36. The Morgan fingerprint density at radius 3 is 2.74 bits per heavy atom. The largest absolute Gasteiger partial charge is 0.480 e. The molecule has 5 nitrogen and oxygen atoms in total. The van der Waals surface area contributed by atoms with Gasteiger partial charge in [0.25, 0.3) is 0 Å². The molecule has 1 unspecified atom stereocenters. The fourth-order valence-electron chi connectivity index (χ4n) is 1.71. The number of amides is 1. The van der Waals surface area contributed by atoms with Crippen LogP contribution >= 0.6 is 0 Å². The molecule has 1 aromatic carbocycles. The van der Waals surface area contributed by atoms with Gasteiger partial charge < -0.3 is 16.2 Å². The number of aliphatic carboxylic acids is 1. The number of carboxylic acids is 1.